The van der Waals surface area contributed by atoms with Crippen LogP contribution in [0, 0.1) is 17.8 Å². The van der Waals surface area contributed by atoms with E-state index < -0.39 is 0 Å². The average molecular weight is 252 g/mol. The summed E-state index contributed by atoms with van der Waals surface area (Å²) in [7, 11) is 0. The fourth-order valence-corrected chi connectivity index (χ4v) is 3.98. The van der Waals surface area contributed by atoms with Crippen molar-refractivity contribution in [2.24, 2.45) is 23.5 Å². The number of rotatable bonds is 4. The lowest BCUT2D eigenvalue weighted by molar-refractivity contribution is -0.139. The number of carbonyl (C=O) groups excluding carboxylic acids is 1. The van der Waals surface area contributed by atoms with Crippen LogP contribution in [0.4, 0.5) is 0 Å². The molecule has 0 aliphatic heterocycles. The lowest BCUT2D eigenvalue weighted by Crippen LogP contribution is -2.47. The maximum atomic E-state index is 12.7. The van der Waals surface area contributed by atoms with E-state index in [1.54, 1.807) is 0 Å². The molecular formula is C15H28N2O. The third-order valence-electron chi connectivity index (χ3n) is 5.12. The molecule has 0 spiro atoms. The Labute approximate surface area is 111 Å². The Balaban J connectivity index is 2.05. The van der Waals surface area contributed by atoms with Gasteiger partial charge in [0.1, 0.15) is 0 Å². The van der Waals surface area contributed by atoms with Gasteiger partial charge in [0, 0.05) is 18.5 Å². The van der Waals surface area contributed by atoms with Crippen LogP contribution in [-0.2, 0) is 4.79 Å². The summed E-state index contributed by atoms with van der Waals surface area (Å²) in [5.41, 5.74) is 5.86. The molecule has 1 amide bonds. The molecule has 18 heavy (non-hydrogen) atoms. The highest BCUT2D eigenvalue weighted by Gasteiger charge is 2.38. The van der Waals surface area contributed by atoms with E-state index in [-0.39, 0.29) is 5.92 Å². The molecule has 0 radical (unpaired) electrons. The number of hydrogen-bond acceptors (Lipinski definition) is 2. The largest absolute Gasteiger partial charge is 0.339 e. The van der Waals surface area contributed by atoms with Crippen LogP contribution in [0.5, 0.6) is 0 Å². The average Bonchev–Trinajstić information content (AvgIpc) is 2.98. The molecule has 4 atom stereocenters. The molecule has 2 N–H and O–H groups in total. The number of carbonyl (C=O) groups is 1. The van der Waals surface area contributed by atoms with Crippen molar-refractivity contribution in [1.82, 2.24) is 4.90 Å². The topological polar surface area (TPSA) is 46.3 Å². The zero-order chi connectivity index (χ0) is 13.1. The van der Waals surface area contributed by atoms with Gasteiger partial charge in [0.25, 0.3) is 0 Å². The van der Waals surface area contributed by atoms with Gasteiger partial charge in [-0.3, -0.25) is 4.79 Å². The van der Waals surface area contributed by atoms with Crippen LogP contribution in [0.15, 0.2) is 0 Å². The van der Waals surface area contributed by atoms with Crippen LogP contribution in [0.3, 0.4) is 0 Å². The fourth-order valence-electron chi connectivity index (χ4n) is 3.98. The van der Waals surface area contributed by atoms with Crippen LogP contribution in [0.2, 0.25) is 0 Å². The summed E-state index contributed by atoms with van der Waals surface area (Å²) in [6.07, 6.45) is 7.12. The quantitative estimate of drug-likeness (QED) is 0.835. The second-order valence-electron chi connectivity index (χ2n) is 6.13. The summed E-state index contributed by atoms with van der Waals surface area (Å²) in [6, 6.07) is 0.417. The Morgan fingerprint density at radius 2 is 1.94 bits per heavy atom. The molecule has 4 unspecified atom stereocenters. The third kappa shape index (κ3) is 2.56. The Hall–Kier alpha value is -0.570. The standard InChI is InChI=1S/C15H28N2O/c1-3-17(14-9-5-7-12(14)10-16)15(18)13-8-4-6-11(13)2/h11-14H,3-10,16H2,1-2H3. The number of hydrogen-bond donors (Lipinski definition) is 1. The Morgan fingerprint density at radius 1 is 1.22 bits per heavy atom. The first-order valence-electron chi connectivity index (χ1n) is 7.69. The molecule has 0 aromatic rings. The predicted octanol–water partition coefficient (Wildman–Crippen LogP) is 2.40. The second kappa shape index (κ2) is 6.05. The van der Waals surface area contributed by atoms with Crippen molar-refractivity contribution in [3.63, 3.8) is 0 Å². The summed E-state index contributed by atoms with van der Waals surface area (Å²) in [6.45, 7) is 5.93. The maximum absolute atomic E-state index is 12.7. The molecule has 2 saturated carbocycles. The van der Waals surface area contributed by atoms with E-state index in [1.165, 1.54) is 25.7 Å². The highest BCUT2D eigenvalue weighted by Crippen LogP contribution is 2.36. The Kier molecular flexibility index (Phi) is 4.66. The number of amides is 1. The summed E-state index contributed by atoms with van der Waals surface area (Å²) in [4.78, 5) is 14.9. The SMILES string of the molecule is CCN(C(=O)C1CCCC1C)C1CCCC1CN. The van der Waals surface area contributed by atoms with Crippen LogP contribution in [-0.4, -0.2) is 29.9 Å². The van der Waals surface area contributed by atoms with E-state index in [2.05, 4.69) is 18.7 Å². The van der Waals surface area contributed by atoms with Crippen molar-refractivity contribution >= 4 is 5.91 Å². The van der Waals surface area contributed by atoms with Gasteiger partial charge >= 0.3 is 0 Å². The first-order chi connectivity index (χ1) is 8.69. The molecule has 104 valence electrons. The van der Waals surface area contributed by atoms with E-state index in [0.29, 0.717) is 23.8 Å². The first kappa shape index (κ1) is 13.9. The van der Waals surface area contributed by atoms with Crippen molar-refractivity contribution in [3.05, 3.63) is 0 Å². The van der Waals surface area contributed by atoms with Crippen LogP contribution < -0.4 is 5.73 Å². The Bertz CT molecular complexity index is 292. The molecule has 3 nitrogen and oxygen atoms in total. The molecule has 0 heterocycles. The second-order valence-corrected chi connectivity index (χ2v) is 6.13. The molecule has 3 heteroatoms. The fraction of sp³-hybridized carbons (Fsp3) is 0.933. The van der Waals surface area contributed by atoms with Gasteiger partial charge < -0.3 is 10.6 Å². The normalized spacial score (nSPS) is 35.9. The minimum absolute atomic E-state index is 0.281. The van der Waals surface area contributed by atoms with Crippen molar-refractivity contribution in [2.45, 2.75) is 58.4 Å². The van der Waals surface area contributed by atoms with Crippen molar-refractivity contribution in [3.8, 4) is 0 Å². The van der Waals surface area contributed by atoms with Crippen LogP contribution >= 0.6 is 0 Å². The lowest BCUT2D eigenvalue weighted by Gasteiger charge is -2.34. The zero-order valence-electron chi connectivity index (χ0n) is 11.9. The van der Waals surface area contributed by atoms with Crippen molar-refractivity contribution < 1.29 is 4.79 Å². The molecule has 0 saturated heterocycles. The smallest absolute Gasteiger partial charge is 0.226 e. The summed E-state index contributed by atoms with van der Waals surface area (Å²) >= 11 is 0. The van der Waals surface area contributed by atoms with Gasteiger partial charge in [-0.15, -0.1) is 0 Å². The van der Waals surface area contributed by atoms with Gasteiger partial charge in [-0.05, 0) is 51.0 Å². The molecule has 2 rings (SSSR count). The maximum Gasteiger partial charge on any atom is 0.226 e. The van der Waals surface area contributed by atoms with E-state index in [1.807, 2.05) is 0 Å². The predicted molar refractivity (Wildman–Crippen MR) is 74.1 cm³/mol. The Morgan fingerprint density at radius 3 is 2.50 bits per heavy atom. The van der Waals surface area contributed by atoms with Gasteiger partial charge in [-0.2, -0.15) is 0 Å². The van der Waals surface area contributed by atoms with E-state index in [9.17, 15) is 4.79 Å². The summed E-state index contributed by atoms with van der Waals surface area (Å²) in [5, 5.41) is 0. The minimum Gasteiger partial charge on any atom is -0.339 e. The van der Waals surface area contributed by atoms with Crippen LogP contribution in [0.1, 0.15) is 52.4 Å². The van der Waals surface area contributed by atoms with E-state index in [0.717, 1.165) is 25.9 Å². The molecule has 2 aliphatic rings. The molecule has 2 fully saturated rings. The molecule has 2 aliphatic carbocycles. The van der Waals surface area contributed by atoms with Gasteiger partial charge in [0.05, 0.1) is 0 Å². The highest BCUT2D eigenvalue weighted by atomic mass is 16.2. The monoisotopic (exact) mass is 252 g/mol. The minimum atomic E-state index is 0.281. The molecule has 0 aromatic carbocycles. The van der Waals surface area contributed by atoms with Gasteiger partial charge in [-0.25, -0.2) is 0 Å². The highest BCUT2D eigenvalue weighted by molar-refractivity contribution is 5.79. The van der Waals surface area contributed by atoms with Gasteiger partial charge in [0.15, 0.2) is 0 Å². The molecule has 0 bridgehead atoms. The lowest BCUT2D eigenvalue weighted by atomic mass is 9.94. The number of nitrogens with zero attached hydrogens (tertiary/aromatic N) is 1. The van der Waals surface area contributed by atoms with Crippen molar-refractivity contribution in [1.29, 1.82) is 0 Å². The molecular weight excluding hydrogens is 224 g/mol. The van der Waals surface area contributed by atoms with E-state index in [4.69, 9.17) is 5.73 Å². The summed E-state index contributed by atoms with van der Waals surface area (Å²) in [5.74, 6) is 1.80. The third-order valence-corrected chi connectivity index (χ3v) is 5.12. The number of nitrogens with two attached hydrogens (primary N) is 1. The van der Waals surface area contributed by atoms with Gasteiger partial charge in [0.2, 0.25) is 5.91 Å². The first-order valence-corrected chi connectivity index (χ1v) is 7.69. The van der Waals surface area contributed by atoms with E-state index >= 15 is 0 Å². The van der Waals surface area contributed by atoms with Crippen LogP contribution in [0.25, 0.3) is 0 Å². The summed E-state index contributed by atoms with van der Waals surface area (Å²) < 4.78 is 0. The molecule has 0 aromatic heterocycles. The van der Waals surface area contributed by atoms with Gasteiger partial charge in [-0.1, -0.05) is 19.8 Å². The zero-order valence-corrected chi connectivity index (χ0v) is 11.9. The van der Waals surface area contributed by atoms with Crippen molar-refractivity contribution in [2.75, 3.05) is 13.1 Å².